The summed E-state index contributed by atoms with van der Waals surface area (Å²) in [4.78, 5) is 10.2. The molecule has 0 bridgehead atoms. The van der Waals surface area contributed by atoms with Crippen LogP contribution in [0.2, 0.25) is 0 Å². The molecule has 0 radical (unpaired) electrons. The highest BCUT2D eigenvalue weighted by molar-refractivity contribution is 7.30. The van der Waals surface area contributed by atoms with E-state index in [0.29, 0.717) is 5.82 Å². The fourth-order valence-corrected chi connectivity index (χ4v) is 10.3. The standard InChI is InChI=1S/C46H27N3S2/c1-3-13-28(14-4-1)35-27-36(29-15-5-2-6-16-29)48-46(47-35)30-23-25-31(26-24-30)49-37-20-10-7-17-32(37)40-43(49)41-33-18-8-11-21-38(33)50-45(41)42-34-19-9-12-22-39(34)51-44(40)42/h1-27H. The maximum atomic E-state index is 5.10. The van der Waals surface area contributed by atoms with Crippen molar-refractivity contribution in [3.05, 3.63) is 164 Å². The van der Waals surface area contributed by atoms with Crippen molar-refractivity contribution >= 4 is 84.8 Å². The fourth-order valence-electron chi connectivity index (χ4n) is 7.73. The van der Waals surface area contributed by atoms with Gasteiger partial charge in [-0.15, -0.1) is 22.7 Å². The molecule has 0 fully saturated rings. The van der Waals surface area contributed by atoms with E-state index in [1.54, 1.807) is 0 Å². The number of aromatic nitrogens is 3. The summed E-state index contributed by atoms with van der Waals surface area (Å²) >= 11 is 3.83. The summed E-state index contributed by atoms with van der Waals surface area (Å²) in [6.07, 6.45) is 0. The van der Waals surface area contributed by atoms with Crippen molar-refractivity contribution in [3.63, 3.8) is 0 Å². The Morgan fingerprint density at radius 1 is 0.412 bits per heavy atom. The van der Waals surface area contributed by atoms with Crippen molar-refractivity contribution in [2.24, 2.45) is 0 Å². The first-order chi connectivity index (χ1) is 25.3. The summed E-state index contributed by atoms with van der Waals surface area (Å²) in [6.45, 7) is 0. The Morgan fingerprint density at radius 3 is 1.51 bits per heavy atom. The maximum Gasteiger partial charge on any atom is 0.160 e. The average molecular weight is 686 g/mol. The molecule has 0 saturated heterocycles. The molecular formula is C46H27N3S2. The number of para-hydroxylation sites is 1. The maximum absolute atomic E-state index is 5.10. The van der Waals surface area contributed by atoms with Crippen molar-refractivity contribution in [2.45, 2.75) is 0 Å². The topological polar surface area (TPSA) is 30.7 Å². The van der Waals surface area contributed by atoms with Crippen molar-refractivity contribution < 1.29 is 0 Å². The van der Waals surface area contributed by atoms with Gasteiger partial charge in [0.25, 0.3) is 0 Å². The molecule has 0 unspecified atom stereocenters. The van der Waals surface area contributed by atoms with Crippen molar-refractivity contribution in [1.82, 2.24) is 14.5 Å². The van der Waals surface area contributed by atoms with E-state index in [2.05, 4.69) is 156 Å². The molecule has 4 heterocycles. The molecule has 0 spiro atoms. The highest BCUT2D eigenvalue weighted by Gasteiger charge is 2.24. The van der Waals surface area contributed by atoms with Gasteiger partial charge in [0.15, 0.2) is 5.82 Å². The third kappa shape index (κ3) is 4.35. The van der Waals surface area contributed by atoms with E-state index in [1.807, 2.05) is 34.8 Å². The van der Waals surface area contributed by atoms with Crippen molar-refractivity contribution in [1.29, 1.82) is 0 Å². The van der Waals surface area contributed by atoms with Gasteiger partial charge in [0.1, 0.15) is 0 Å². The molecule has 11 aromatic rings. The third-order valence-corrected chi connectivity index (χ3v) is 12.4. The summed E-state index contributed by atoms with van der Waals surface area (Å²) in [5.74, 6) is 0.710. The average Bonchev–Trinajstić information content (AvgIpc) is 3.88. The van der Waals surface area contributed by atoms with Crippen LogP contribution >= 0.6 is 22.7 Å². The van der Waals surface area contributed by atoms with Crippen molar-refractivity contribution in [3.8, 4) is 39.6 Å². The molecule has 0 amide bonds. The fraction of sp³-hybridized carbons (Fsp3) is 0. The van der Waals surface area contributed by atoms with Gasteiger partial charge in [0.05, 0.1) is 22.4 Å². The third-order valence-electron chi connectivity index (χ3n) is 10.0. The van der Waals surface area contributed by atoms with E-state index in [4.69, 9.17) is 9.97 Å². The van der Waals surface area contributed by atoms with Crippen LogP contribution < -0.4 is 0 Å². The van der Waals surface area contributed by atoms with E-state index in [0.717, 1.165) is 33.8 Å². The molecule has 5 heteroatoms. The number of rotatable bonds is 4. The van der Waals surface area contributed by atoms with Crippen LogP contribution in [0.1, 0.15) is 0 Å². The molecule has 0 aliphatic heterocycles. The number of fused-ring (bicyclic) bond motifs is 12. The second kappa shape index (κ2) is 11.2. The molecule has 7 aromatic carbocycles. The van der Waals surface area contributed by atoms with Crippen LogP contribution in [0, 0.1) is 0 Å². The highest BCUT2D eigenvalue weighted by atomic mass is 32.1. The van der Waals surface area contributed by atoms with Gasteiger partial charge < -0.3 is 4.57 Å². The minimum atomic E-state index is 0.710. The van der Waals surface area contributed by atoms with Crippen LogP contribution in [0.5, 0.6) is 0 Å². The van der Waals surface area contributed by atoms with E-state index in [-0.39, 0.29) is 0 Å². The smallest absolute Gasteiger partial charge is 0.160 e. The molecule has 0 atom stereocenters. The lowest BCUT2D eigenvalue weighted by Gasteiger charge is -2.12. The van der Waals surface area contributed by atoms with Gasteiger partial charge in [-0.05, 0) is 48.5 Å². The van der Waals surface area contributed by atoms with Gasteiger partial charge in [-0.1, -0.05) is 115 Å². The predicted molar refractivity (Wildman–Crippen MR) is 218 cm³/mol. The van der Waals surface area contributed by atoms with Crippen LogP contribution in [-0.2, 0) is 0 Å². The zero-order chi connectivity index (χ0) is 33.5. The first kappa shape index (κ1) is 28.7. The minimum Gasteiger partial charge on any atom is -0.309 e. The molecule has 0 N–H and O–H groups in total. The summed E-state index contributed by atoms with van der Waals surface area (Å²) in [7, 11) is 0. The molecule has 0 aliphatic carbocycles. The monoisotopic (exact) mass is 685 g/mol. The Balaban J connectivity index is 1.18. The molecule has 51 heavy (non-hydrogen) atoms. The Morgan fingerprint density at radius 2 is 0.902 bits per heavy atom. The minimum absolute atomic E-state index is 0.710. The lowest BCUT2D eigenvalue weighted by molar-refractivity contribution is 1.17. The van der Waals surface area contributed by atoms with Gasteiger partial charge >= 0.3 is 0 Å². The number of nitrogens with zero attached hydrogens (tertiary/aromatic N) is 3. The predicted octanol–water partition coefficient (Wildman–Crippen LogP) is 13.3. The SMILES string of the molecule is c1ccc(-c2cc(-c3ccccc3)nc(-c3ccc(-n4c5ccccc5c5c6sc7ccccc7c6c6sc7ccccc7c6c54)cc3)n2)cc1. The molecular weight excluding hydrogens is 659 g/mol. The van der Waals surface area contributed by atoms with Gasteiger partial charge in [0.2, 0.25) is 0 Å². The van der Waals surface area contributed by atoms with Crippen LogP contribution in [-0.4, -0.2) is 14.5 Å². The highest BCUT2D eigenvalue weighted by Crippen LogP contribution is 2.52. The summed E-state index contributed by atoms with van der Waals surface area (Å²) in [5.41, 5.74) is 8.52. The van der Waals surface area contributed by atoms with E-state index in [9.17, 15) is 0 Å². The first-order valence-corrected chi connectivity index (χ1v) is 18.7. The molecule has 3 nitrogen and oxygen atoms in total. The number of thiophene rings is 2. The summed E-state index contributed by atoms with van der Waals surface area (Å²) in [6, 6.07) is 58.3. The first-order valence-electron chi connectivity index (χ1n) is 17.1. The van der Waals surface area contributed by atoms with Crippen LogP contribution in [0.4, 0.5) is 0 Å². The Kier molecular flexibility index (Phi) is 6.29. The van der Waals surface area contributed by atoms with Crippen LogP contribution in [0.25, 0.3) is 102 Å². The van der Waals surface area contributed by atoms with E-state index < -0.39 is 0 Å². The normalized spacial score (nSPS) is 11.9. The molecule has 0 saturated carbocycles. The second-order valence-electron chi connectivity index (χ2n) is 12.9. The zero-order valence-electron chi connectivity index (χ0n) is 27.2. The van der Waals surface area contributed by atoms with Crippen LogP contribution in [0.15, 0.2) is 164 Å². The Hall–Kier alpha value is -6.14. The second-order valence-corrected chi connectivity index (χ2v) is 15.0. The number of hydrogen-bond acceptors (Lipinski definition) is 4. The lowest BCUT2D eigenvalue weighted by Crippen LogP contribution is -1.97. The van der Waals surface area contributed by atoms with Crippen LogP contribution in [0.3, 0.4) is 0 Å². The number of hydrogen-bond donors (Lipinski definition) is 0. The van der Waals surface area contributed by atoms with E-state index >= 15 is 0 Å². The quantitative estimate of drug-likeness (QED) is 0.185. The number of benzene rings is 7. The lowest BCUT2D eigenvalue weighted by atomic mass is 10.0. The van der Waals surface area contributed by atoms with Gasteiger partial charge in [0, 0.05) is 73.5 Å². The molecule has 4 aromatic heterocycles. The summed E-state index contributed by atoms with van der Waals surface area (Å²) in [5, 5.41) is 7.95. The Labute approximate surface area is 301 Å². The molecule has 11 rings (SSSR count). The van der Waals surface area contributed by atoms with Gasteiger partial charge in [-0.3, -0.25) is 0 Å². The summed E-state index contributed by atoms with van der Waals surface area (Å²) < 4.78 is 7.84. The van der Waals surface area contributed by atoms with Gasteiger partial charge in [-0.2, -0.15) is 0 Å². The van der Waals surface area contributed by atoms with E-state index in [1.165, 1.54) is 62.2 Å². The molecule has 0 aliphatic rings. The molecule has 238 valence electrons. The zero-order valence-corrected chi connectivity index (χ0v) is 28.9. The van der Waals surface area contributed by atoms with Gasteiger partial charge in [-0.25, -0.2) is 9.97 Å². The Bertz CT molecular complexity index is 3030. The van der Waals surface area contributed by atoms with Crippen molar-refractivity contribution in [2.75, 3.05) is 0 Å². The largest absolute Gasteiger partial charge is 0.309 e.